The first-order valence-electron chi connectivity index (χ1n) is 8.29. The predicted molar refractivity (Wildman–Crippen MR) is 89.9 cm³/mol. The van der Waals surface area contributed by atoms with Crippen molar-refractivity contribution in [3.05, 3.63) is 22.2 Å². The zero-order valence-electron chi connectivity index (χ0n) is 14.7. The number of halogens is 3. The van der Waals surface area contributed by atoms with Crippen LogP contribution >= 0.6 is 0 Å². The lowest BCUT2D eigenvalue weighted by molar-refractivity contribution is -0.173. The fourth-order valence-corrected chi connectivity index (χ4v) is 2.40. The molecule has 1 aromatic rings. The molecule has 1 saturated heterocycles. The Labute approximate surface area is 157 Å². The summed E-state index contributed by atoms with van der Waals surface area (Å²) in [5.74, 6) is 3.13. The van der Waals surface area contributed by atoms with Crippen molar-refractivity contribution in [2.45, 2.75) is 31.3 Å². The van der Waals surface area contributed by atoms with Crippen LogP contribution in [0.15, 0.2) is 11.0 Å². The highest BCUT2D eigenvalue weighted by atomic mass is 19.4. The molecule has 0 radical (unpaired) electrons. The first-order chi connectivity index (χ1) is 13.2. The molecular weight excluding hydrogens is 385 g/mol. The lowest BCUT2D eigenvalue weighted by Gasteiger charge is -2.15. The zero-order chi connectivity index (χ0) is 20.7. The Kier molecular flexibility index (Phi) is 7.38. The molecule has 0 aliphatic carbocycles. The number of hydrogen-bond acceptors (Lipinski definition) is 7. The van der Waals surface area contributed by atoms with Crippen molar-refractivity contribution in [3.8, 4) is 11.8 Å². The third-order valence-corrected chi connectivity index (χ3v) is 3.77. The summed E-state index contributed by atoms with van der Waals surface area (Å²) in [7, 11) is 0. The number of aromatic nitrogens is 2. The summed E-state index contributed by atoms with van der Waals surface area (Å²) < 4.78 is 47.7. The van der Waals surface area contributed by atoms with Gasteiger partial charge in [-0.15, -0.1) is 0 Å². The van der Waals surface area contributed by atoms with Crippen LogP contribution in [-0.4, -0.2) is 59.2 Å². The van der Waals surface area contributed by atoms with Gasteiger partial charge in [0.1, 0.15) is 18.7 Å². The van der Waals surface area contributed by atoms with Crippen molar-refractivity contribution < 1.29 is 32.5 Å². The number of hydrogen-bond donors (Lipinski definition) is 3. The van der Waals surface area contributed by atoms with Gasteiger partial charge in [-0.1, -0.05) is 11.8 Å². The molecule has 1 fully saturated rings. The summed E-state index contributed by atoms with van der Waals surface area (Å²) >= 11 is 0. The Morgan fingerprint density at radius 1 is 1.50 bits per heavy atom. The van der Waals surface area contributed by atoms with Crippen molar-refractivity contribution in [1.29, 1.82) is 0 Å². The van der Waals surface area contributed by atoms with E-state index >= 15 is 0 Å². The molecule has 2 rings (SSSR count). The van der Waals surface area contributed by atoms with Crippen LogP contribution in [-0.2, 0) is 14.3 Å². The first kappa shape index (κ1) is 21.7. The number of ether oxygens (including phenoxy) is 2. The van der Waals surface area contributed by atoms with Crippen LogP contribution in [0.5, 0.6) is 0 Å². The summed E-state index contributed by atoms with van der Waals surface area (Å²) in [5, 5.41) is 10.8. The average Bonchev–Trinajstić information content (AvgIpc) is 3.10. The van der Waals surface area contributed by atoms with E-state index in [-0.39, 0.29) is 43.9 Å². The second-order valence-electron chi connectivity index (χ2n) is 5.81. The number of carbonyl (C=O) groups is 1. The Hall–Kier alpha value is -2.62. The quantitative estimate of drug-likeness (QED) is 0.432. The number of carbonyl (C=O) groups excluding carboxylic acids is 1. The third kappa shape index (κ3) is 5.95. The molecule has 1 aliphatic rings. The normalized spacial score (nSPS) is 19.1. The highest BCUT2D eigenvalue weighted by molar-refractivity contribution is 5.81. The number of aliphatic hydroxyl groups excluding tert-OH is 1. The van der Waals surface area contributed by atoms with Gasteiger partial charge >= 0.3 is 17.8 Å². The highest BCUT2D eigenvalue weighted by Gasteiger charge is 2.38. The van der Waals surface area contributed by atoms with E-state index in [0.717, 1.165) is 0 Å². The van der Waals surface area contributed by atoms with Gasteiger partial charge in [0.2, 0.25) is 0 Å². The summed E-state index contributed by atoms with van der Waals surface area (Å²) in [6.45, 7) is -0.768. The van der Waals surface area contributed by atoms with Crippen LogP contribution in [0, 0.1) is 11.8 Å². The van der Waals surface area contributed by atoms with Crippen molar-refractivity contribution in [2.24, 2.45) is 0 Å². The van der Waals surface area contributed by atoms with Gasteiger partial charge in [0, 0.05) is 12.7 Å². The smallest absolute Gasteiger partial charge is 0.394 e. The van der Waals surface area contributed by atoms with E-state index in [4.69, 9.17) is 20.3 Å². The van der Waals surface area contributed by atoms with Crippen molar-refractivity contribution in [2.75, 3.05) is 32.1 Å². The van der Waals surface area contributed by atoms with Crippen LogP contribution in [0.25, 0.3) is 0 Å². The number of nitrogen functional groups attached to an aromatic ring is 1. The van der Waals surface area contributed by atoms with Crippen LogP contribution in [0.2, 0.25) is 0 Å². The van der Waals surface area contributed by atoms with Gasteiger partial charge in [0.05, 0.1) is 24.9 Å². The summed E-state index contributed by atoms with van der Waals surface area (Å²) in [6.07, 6.45) is -3.35. The van der Waals surface area contributed by atoms with Crippen molar-refractivity contribution >= 4 is 11.7 Å². The van der Waals surface area contributed by atoms with E-state index in [0.29, 0.717) is 12.8 Å². The number of aliphatic hydroxyl groups is 1. The fraction of sp³-hybridized carbons (Fsp3) is 0.562. The highest BCUT2D eigenvalue weighted by Crippen LogP contribution is 2.27. The lowest BCUT2D eigenvalue weighted by atomic mass is 10.2. The van der Waals surface area contributed by atoms with Gasteiger partial charge in [-0.3, -0.25) is 9.36 Å². The minimum Gasteiger partial charge on any atom is -0.394 e. The zero-order valence-corrected chi connectivity index (χ0v) is 14.7. The summed E-state index contributed by atoms with van der Waals surface area (Å²) in [4.78, 5) is 26.3. The molecular formula is C16H19F3N4O5. The number of rotatable bonds is 6. The van der Waals surface area contributed by atoms with E-state index in [9.17, 15) is 22.8 Å². The molecule has 1 amide bonds. The number of nitrogens with zero attached hydrogens (tertiary/aromatic N) is 2. The number of anilines is 1. The van der Waals surface area contributed by atoms with Gasteiger partial charge < -0.3 is 25.6 Å². The van der Waals surface area contributed by atoms with Crippen LogP contribution in [0.3, 0.4) is 0 Å². The molecule has 4 N–H and O–H groups in total. The number of nitrogens with one attached hydrogen (secondary N) is 1. The molecule has 0 bridgehead atoms. The lowest BCUT2D eigenvalue weighted by Crippen LogP contribution is -2.38. The summed E-state index contributed by atoms with van der Waals surface area (Å²) in [5.41, 5.74) is 5.32. The van der Waals surface area contributed by atoms with E-state index in [2.05, 4.69) is 16.8 Å². The van der Waals surface area contributed by atoms with E-state index in [1.54, 1.807) is 5.32 Å². The maximum Gasteiger partial charge on any atom is 0.471 e. The molecule has 1 aliphatic heterocycles. The first-order valence-corrected chi connectivity index (χ1v) is 8.29. The molecule has 0 unspecified atom stereocenters. The van der Waals surface area contributed by atoms with Gasteiger partial charge in [-0.05, 0) is 12.8 Å². The molecule has 154 valence electrons. The maximum atomic E-state index is 12.0. The Morgan fingerprint density at radius 3 is 2.89 bits per heavy atom. The Bertz CT molecular complexity index is 815. The fourth-order valence-electron chi connectivity index (χ4n) is 2.40. The third-order valence-electron chi connectivity index (χ3n) is 3.77. The predicted octanol–water partition coefficient (Wildman–Crippen LogP) is -0.458. The topological polar surface area (TPSA) is 129 Å². The molecule has 0 saturated carbocycles. The van der Waals surface area contributed by atoms with E-state index in [1.165, 1.54) is 10.8 Å². The molecule has 2 atom stereocenters. The van der Waals surface area contributed by atoms with Crippen LogP contribution < -0.4 is 16.7 Å². The Balaban J connectivity index is 1.88. The second-order valence-corrected chi connectivity index (χ2v) is 5.81. The Morgan fingerprint density at radius 2 is 2.25 bits per heavy atom. The van der Waals surface area contributed by atoms with Crippen LogP contribution in [0.1, 0.15) is 24.6 Å². The summed E-state index contributed by atoms with van der Waals surface area (Å²) in [6, 6.07) is 0. The van der Waals surface area contributed by atoms with E-state index in [1.807, 2.05) is 0 Å². The number of nitrogens with two attached hydrogens (primary N) is 1. The standard InChI is InChI=1S/C16H19F3N4O5/c17-16(18,19)14(25)21-5-7-27-6-1-2-10-8-23(15(26)22-13(10)20)12-4-3-11(9-24)28-12/h8,11-12,24H,3-7,9H2,(H,21,25)(H2,20,22,26)/t11-,12+/m0/s1. The molecule has 0 aromatic carbocycles. The maximum absolute atomic E-state index is 12.0. The monoisotopic (exact) mass is 404 g/mol. The minimum absolute atomic E-state index is 0.0807. The molecule has 28 heavy (non-hydrogen) atoms. The molecule has 9 nitrogen and oxygen atoms in total. The minimum atomic E-state index is -4.94. The van der Waals surface area contributed by atoms with Gasteiger partial charge in [-0.2, -0.15) is 18.2 Å². The van der Waals surface area contributed by atoms with Crippen LogP contribution in [0.4, 0.5) is 19.0 Å². The molecule has 2 heterocycles. The number of amides is 1. The van der Waals surface area contributed by atoms with Gasteiger partial charge in [0.25, 0.3) is 0 Å². The largest absolute Gasteiger partial charge is 0.471 e. The van der Waals surface area contributed by atoms with Gasteiger partial charge in [-0.25, -0.2) is 4.79 Å². The molecule has 12 heteroatoms. The SMILES string of the molecule is Nc1nc(=O)n([C@H]2CC[C@@H](CO)O2)cc1C#CCOCCNC(=O)C(F)(F)F. The average molecular weight is 404 g/mol. The molecule has 1 aromatic heterocycles. The second kappa shape index (κ2) is 9.54. The molecule has 0 spiro atoms. The van der Waals surface area contributed by atoms with Crippen molar-refractivity contribution in [1.82, 2.24) is 14.9 Å². The van der Waals surface area contributed by atoms with Crippen molar-refractivity contribution in [3.63, 3.8) is 0 Å². The number of alkyl halides is 3. The van der Waals surface area contributed by atoms with E-state index < -0.39 is 24.0 Å². The van der Waals surface area contributed by atoms with Gasteiger partial charge in [0.15, 0.2) is 0 Å².